The third-order valence-electron chi connectivity index (χ3n) is 4.95. The predicted octanol–water partition coefficient (Wildman–Crippen LogP) is 3.88. The minimum Gasteiger partial charge on any atom is -0.508 e. The zero-order valence-corrected chi connectivity index (χ0v) is 17.1. The van der Waals surface area contributed by atoms with Crippen LogP contribution in [0.3, 0.4) is 0 Å². The van der Waals surface area contributed by atoms with Crippen molar-refractivity contribution in [2.45, 2.75) is 44.2 Å². The first-order valence-corrected chi connectivity index (χ1v) is 10.3. The van der Waals surface area contributed by atoms with Gasteiger partial charge >= 0.3 is 0 Å². The van der Waals surface area contributed by atoms with Gasteiger partial charge in [0.1, 0.15) is 5.75 Å². The van der Waals surface area contributed by atoms with E-state index in [2.05, 4.69) is 5.32 Å². The van der Waals surface area contributed by atoms with Crippen molar-refractivity contribution in [1.82, 2.24) is 5.32 Å². The Morgan fingerprint density at radius 2 is 1.77 bits per heavy atom. The minimum absolute atomic E-state index is 0.00525. The largest absolute Gasteiger partial charge is 0.508 e. The Labute approximate surface area is 176 Å². The van der Waals surface area contributed by atoms with E-state index in [1.165, 1.54) is 18.2 Å². The van der Waals surface area contributed by atoms with Crippen LogP contribution < -0.4 is 5.32 Å². The molecular formula is C23H31F2NO4. The van der Waals surface area contributed by atoms with Gasteiger partial charge in [-0.05, 0) is 37.1 Å². The summed E-state index contributed by atoms with van der Waals surface area (Å²) in [6.07, 6.45) is 2.52. The molecule has 0 aliphatic heterocycles. The zero-order valence-electron chi connectivity index (χ0n) is 17.1. The van der Waals surface area contributed by atoms with Gasteiger partial charge in [0.2, 0.25) is 0 Å². The van der Waals surface area contributed by atoms with Crippen LogP contribution in [-0.2, 0) is 17.2 Å². The molecule has 0 heterocycles. The van der Waals surface area contributed by atoms with Crippen molar-refractivity contribution in [3.8, 4) is 5.75 Å². The molecule has 0 fully saturated rings. The second-order valence-electron chi connectivity index (χ2n) is 7.26. The second kappa shape index (κ2) is 12.6. The second-order valence-corrected chi connectivity index (χ2v) is 7.26. The average molecular weight is 424 g/mol. The van der Waals surface area contributed by atoms with Gasteiger partial charge in [-0.3, -0.25) is 0 Å². The standard InChI is InChI=1S/C23H31F2NO4/c24-17-23(25,20-8-4-3-5-9-20)30-13-7-2-1-6-12-26-15-22(29)18-10-11-21(28)19(14-18)16-27/h3-5,8-11,14,22,26-29H,1-2,6-7,12-13,15-17H2. The molecule has 5 nitrogen and oxygen atoms in total. The van der Waals surface area contributed by atoms with Gasteiger partial charge in [0.05, 0.1) is 19.3 Å². The van der Waals surface area contributed by atoms with Gasteiger partial charge in [-0.15, -0.1) is 0 Å². The van der Waals surface area contributed by atoms with Crippen molar-refractivity contribution in [2.75, 3.05) is 26.4 Å². The highest BCUT2D eigenvalue weighted by molar-refractivity contribution is 5.36. The smallest absolute Gasteiger partial charge is 0.264 e. The van der Waals surface area contributed by atoms with E-state index in [1.807, 2.05) is 0 Å². The molecule has 0 radical (unpaired) electrons. The maximum absolute atomic E-state index is 14.6. The highest BCUT2D eigenvalue weighted by atomic mass is 19.2. The summed E-state index contributed by atoms with van der Waals surface area (Å²) in [4.78, 5) is 0. The number of hydrogen-bond acceptors (Lipinski definition) is 5. The van der Waals surface area contributed by atoms with E-state index >= 15 is 0 Å². The Morgan fingerprint density at radius 1 is 1.03 bits per heavy atom. The molecule has 0 saturated heterocycles. The summed E-state index contributed by atoms with van der Waals surface area (Å²) in [6, 6.07) is 12.7. The van der Waals surface area contributed by atoms with Crippen LogP contribution in [0.5, 0.6) is 5.75 Å². The summed E-state index contributed by atoms with van der Waals surface area (Å²) in [5, 5.41) is 32.1. The van der Waals surface area contributed by atoms with Crippen molar-refractivity contribution in [3.05, 3.63) is 65.2 Å². The summed E-state index contributed by atoms with van der Waals surface area (Å²) in [5.41, 5.74) is 1.20. The molecule has 2 aromatic carbocycles. The molecule has 2 rings (SSSR count). The number of benzene rings is 2. The van der Waals surface area contributed by atoms with Gasteiger partial charge in [0.25, 0.3) is 5.85 Å². The topological polar surface area (TPSA) is 82.0 Å². The molecule has 0 aliphatic carbocycles. The lowest BCUT2D eigenvalue weighted by Gasteiger charge is -2.23. The van der Waals surface area contributed by atoms with Crippen molar-refractivity contribution in [1.29, 1.82) is 0 Å². The number of phenols is 1. The van der Waals surface area contributed by atoms with Crippen LogP contribution >= 0.6 is 0 Å². The van der Waals surface area contributed by atoms with E-state index < -0.39 is 18.6 Å². The Kier molecular flexibility index (Phi) is 10.2. The molecule has 30 heavy (non-hydrogen) atoms. The molecule has 0 bridgehead atoms. The van der Waals surface area contributed by atoms with Crippen molar-refractivity contribution in [2.24, 2.45) is 0 Å². The normalized spacial score (nSPS) is 14.4. The number of hydrogen-bond donors (Lipinski definition) is 4. The lowest BCUT2D eigenvalue weighted by atomic mass is 10.1. The van der Waals surface area contributed by atoms with Crippen LogP contribution in [-0.4, -0.2) is 41.7 Å². The molecule has 0 aromatic heterocycles. The maximum Gasteiger partial charge on any atom is 0.264 e. The van der Waals surface area contributed by atoms with Gasteiger partial charge in [0, 0.05) is 17.7 Å². The fourth-order valence-electron chi connectivity index (χ4n) is 3.12. The number of halogens is 2. The molecule has 166 valence electrons. The molecule has 0 spiro atoms. The van der Waals surface area contributed by atoms with Crippen LogP contribution in [0.1, 0.15) is 48.5 Å². The number of alkyl halides is 2. The molecule has 0 amide bonds. The zero-order chi connectivity index (χ0) is 21.8. The average Bonchev–Trinajstić information content (AvgIpc) is 2.78. The molecule has 2 atom stereocenters. The Balaban J connectivity index is 1.57. The summed E-state index contributed by atoms with van der Waals surface area (Å²) in [5.74, 6) is -2.38. The van der Waals surface area contributed by atoms with E-state index in [1.54, 1.807) is 30.3 Å². The number of ether oxygens (including phenoxy) is 1. The van der Waals surface area contributed by atoms with Crippen LogP contribution in [0.25, 0.3) is 0 Å². The molecule has 7 heteroatoms. The van der Waals surface area contributed by atoms with Crippen molar-refractivity contribution < 1.29 is 28.8 Å². The van der Waals surface area contributed by atoms with E-state index in [4.69, 9.17) is 4.74 Å². The molecule has 0 aliphatic rings. The molecule has 2 aromatic rings. The highest BCUT2D eigenvalue weighted by Crippen LogP contribution is 2.28. The summed E-state index contributed by atoms with van der Waals surface area (Å²) < 4.78 is 32.9. The van der Waals surface area contributed by atoms with Crippen LogP contribution in [0.4, 0.5) is 8.78 Å². The molecule has 0 saturated carbocycles. The molecular weight excluding hydrogens is 392 g/mol. The number of aliphatic hydroxyl groups is 2. The first-order valence-electron chi connectivity index (χ1n) is 10.3. The highest BCUT2D eigenvalue weighted by Gasteiger charge is 2.32. The number of aliphatic hydroxyl groups excluding tert-OH is 2. The van der Waals surface area contributed by atoms with Gasteiger partial charge in [-0.1, -0.05) is 49.2 Å². The first-order chi connectivity index (χ1) is 14.5. The number of nitrogens with one attached hydrogen (secondary N) is 1. The monoisotopic (exact) mass is 423 g/mol. The maximum atomic E-state index is 14.6. The summed E-state index contributed by atoms with van der Waals surface area (Å²) in [6.45, 7) is -0.287. The third-order valence-corrected chi connectivity index (χ3v) is 4.95. The van der Waals surface area contributed by atoms with E-state index in [9.17, 15) is 24.1 Å². The number of unbranched alkanes of at least 4 members (excludes halogenated alkanes) is 3. The van der Waals surface area contributed by atoms with Crippen LogP contribution in [0.15, 0.2) is 48.5 Å². The van der Waals surface area contributed by atoms with E-state index in [-0.39, 0.29) is 24.5 Å². The third kappa shape index (κ3) is 7.32. The summed E-state index contributed by atoms with van der Waals surface area (Å²) in [7, 11) is 0. The van der Waals surface area contributed by atoms with Gasteiger partial charge in [0.15, 0.2) is 6.67 Å². The fraction of sp³-hybridized carbons (Fsp3) is 0.478. The summed E-state index contributed by atoms with van der Waals surface area (Å²) >= 11 is 0. The SMILES string of the molecule is OCc1cc(C(O)CNCCCCCCOC(F)(CF)c2ccccc2)ccc1O. The number of aromatic hydroxyl groups is 1. The number of rotatable bonds is 14. The van der Waals surface area contributed by atoms with Gasteiger partial charge in [-0.25, -0.2) is 8.78 Å². The Bertz CT molecular complexity index is 747. The van der Waals surface area contributed by atoms with Crippen LogP contribution in [0, 0.1) is 0 Å². The van der Waals surface area contributed by atoms with Crippen molar-refractivity contribution >= 4 is 0 Å². The Morgan fingerprint density at radius 3 is 2.47 bits per heavy atom. The minimum atomic E-state index is -2.39. The van der Waals surface area contributed by atoms with Gasteiger partial charge in [-0.2, -0.15) is 0 Å². The fourth-order valence-corrected chi connectivity index (χ4v) is 3.12. The lowest BCUT2D eigenvalue weighted by Crippen LogP contribution is -2.27. The van der Waals surface area contributed by atoms with Crippen LogP contribution in [0.2, 0.25) is 0 Å². The first kappa shape index (κ1) is 24.2. The predicted molar refractivity (Wildman–Crippen MR) is 111 cm³/mol. The van der Waals surface area contributed by atoms with E-state index in [0.29, 0.717) is 30.6 Å². The van der Waals surface area contributed by atoms with E-state index in [0.717, 1.165) is 19.3 Å². The lowest BCUT2D eigenvalue weighted by molar-refractivity contribution is -0.165. The quantitative estimate of drug-likeness (QED) is 0.347. The van der Waals surface area contributed by atoms with Gasteiger partial charge < -0.3 is 25.4 Å². The molecule has 4 N–H and O–H groups in total. The molecule has 2 unspecified atom stereocenters. The van der Waals surface area contributed by atoms with Crippen molar-refractivity contribution in [3.63, 3.8) is 0 Å². The Hall–Kier alpha value is -2.06.